The van der Waals surface area contributed by atoms with Gasteiger partial charge >= 0.3 is 12.2 Å². The number of carbonyl (C=O) groups excluding carboxylic acids is 1. The first-order valence-corrected chi connectivity index (χ1v) is 9.16. The summed E-state index contributed by atoms with van der Waals surface area (Å²) >= 11 is 0. The largest absolute Gasteiger partial charge is 0.465 e. The van der Waals surface area contributed by atoms with E-state index in [9.17, 15) is 29.9 Å². The van der Waals surface area contributed by atoms with Gasteiger partial charge in [-0.15, -0.1) is 0 Å². The topological polar surface area (TPSA) is 146 Å². The second-order valence-corrected chi connectivity index (χ2v) is 7.39. The van der Waals surface area contributed by atoms with Crippen LogP contribution in [-0.2, 0) is 4.74 Å². The number of benzene rings is 1. The summed E-state index contributed by atoms with van der Waals surface area (Å²) in [7, 11) is 0. The van der Waals surface area contributed by atoms with Crippen molar-refractivity contribution >= 4 is 34.5 Å². The number of nitro groups is 1. The Hall–Kier alpha value is -3.47. The van der Waals surface area contributed by atoms with E-state index in [-0.39, 0.29) is 48.5 Å². The van der Waals surface area contributed by atoms with Gasteiger partial charge in [0.25, 0.3) is 5.69 Å². The first-order chi connectivity index (χ1) is 14.0. The van der Waals surface area contributed by atoms with Crippen molar-refractivity contribution in [2.75, 3.05) is 31.1 Å². The molecule has 11 nitrogen and oxygen atoms in total. The van der Waals surface area contributed by atoms with Crippen molar-refractivity contribution in [1.82, 2.24) is 9.88 Å². The summed E-state index contributed by atoms with van der Waals surface area (Å²) in [6.45, 7) is 4.50. The smallest absolute Gasteiger partial charge is 0.411 e. The molecule has 0 aliphatic rings. The lowest BCUT2D eigenvalue weighted by molar-refractivity contribution is -0.383. The molecule has 2 amide bonds. The highest BCUT2D eigenvalue weighted by Gasteiger charge is 2.26. The standard InChI is InChI=1S/C19H24N4O7/c1-19(2,3)30-18(27)21(11-12-24)9-10-22(17(25)26)15-7-6-14(23(28)29)13-5-4-8-20-16(13)15/h4-8,24H,9-12H2,1-3H3,(H,25,26). The van der Waals surface area contributed by atoms with Gasteiger partial charge in [-0.2, -0.15) is 0 Å². The van der Waals surface area contributed by atoms with Gasteiger partial charge < -0.3 is 19.8 Å². The summed E-state index contributed by atoms with van der Waals surface area (Å²) in [5.41, 5.74) is -0.643. The second-order valence-electron chi connectivity index (χ2n) is 7.39. The molecule has 0 atom stereocenters. The number of pyridine rings is 1. The van der Waals surface area contributed by atoms with Crippen molar-refractivity contribution in [1.29, 1.82) is 0 Å². The van der Waals surface area contributed by atoms with Crippen molar-refractivity contribution in [3.63, 3.8) is 0 Å². The molecule has 0 saturated heterocycles. The van der Waals surface area contributed by atoms with E-state index in [1.165, 1.54) is 35.4 Å². The van der Waals surface area contributed by atoms with Gasteiger partial charge in [0.05, 0.1) is 22.6 Å². The Balaban J connectivity index is 2.34. The minimum Gasteiger partial charge on any atom is -0.465 e. The highest BCUT2D eigenvalue weighted by Crippen LogP contribution is 2.32. The number of fused-ring (bicyclic) bond motifs is 1. The molecule has 0 aliphatic carbocycles. The summed E-state index contributed by atoms with van der Waals surface area (Å²) in [5.74, 6) is 0. The Morgan fingerprint density at radius 1 is 1.20 bits per heavy atom. The maximum absolute atomic E-state index is 12.3. The molecule has 2 aromatic rings. The molecule has 30 heavy (non-hydrogen) atoms. The zero-order chi connectivity index (χ0) is 22.5. The zero-order valence-electron chi connectivity index (χ0n) is 16.9. The van der Waals surface area contributed by atoms with E-state index in [4.69, 9.17) is 4.74 Å². The third-order valence-corrected chi connectivity index (χ3v) is 4.06. The minimum atomic E-state index is -1.32. The number of nitro benzene ring substituents is 1. The van der Waals surface area contributed by atoms with Crippen molar-refractivity contribution in [2.24, 2.45) is 0 Å². The molecule has 11 heteroatoms. The van der Waals surface area contributed by atoms with Gasteiger partial charge in [0.1, 0.15) is 11.1 Å². The molecule has 0 aliphatic heterocycles. The molecule has 0 radical (unpaired) electrons. The summed E-state index contributed by atoms with van der Waals surface area (Å²) in [6.07, 6.45) is -0.591. The highest BCUT2D eigenvalue weighted by molar-refractivity contribution is 6.02. The first kappa shape index (κ1) is 22.8. The van der Waals surface area contributed by atoms with Crippen LogP contribution in [0.3, 0.4) is 0 Å². The lowest BCUT2D eigenvalue weighted by Gasteiger charge is -2.29. The van der Waals surface area contributed by atoms with Crippen molar-refractivity contribution < 1.29 is 29.5 Å². The lowest BCUT2D eigenvalue weighted by Crippen LogP contribution is -2.44. The highest BCUT2D eigenvalue weighted by atomic mass is 16.6. The molecule has 0 saturated carbocycles. The van der Waals surface area contributed by atoms with Gasteiger partial charge in [0, 0.05) is 31.9 Å². The van der Waals surface area contributed by atoms with E-state index in [1.807, 2.05) is 0 Å². The number of anilines is 1. The van der Waals surface area contributed by atoms with Crippen LogP contribution in [0.15, 0.2) is 30.5 Å². The lowest BCUT2D eigenvalue weighted by atomic mass is 10.1. The number of aromatic nitrogens is 1. The second kappa shape index (κ2) is 9.35. The van der Waals surface area contributed by atoms with Gasteiger partial charge in [-0.25, -0.2) is 9.59 Å². The quantitative estimate of drug-likeness (QED) is 0.513. The monoisotopic (exact) mass is 420 g/mol. The Kier molecular flexibility index (Phi) is 7.11. The maximum Gasteiger partial charge on any atom is 0.411 e. The number of nitrogens with zero attached hydrogens (tertiary/aromatic N) is 4. The number of non-ortho nitro benzene ring substituents is 1. The number of carbonyl (C=O) groups is 2. The normalized spacial score (nSPS) is 11.2. The van der Waals surface area contributed by atoms with Crippen LogP contribution in [0.1, 0.15) is 20.8 Å². The predicted octanol–water partition coefficient (Wildman–Crippen LogP) is 2.86. The summed E-state index contributed by atoms with van der Waals surface area (Å²) in [4.78, 5) is 41.2. The number of hydrogen-bond donors (Lipinski definition) is 2. The molecule has 2 N–H and O–H groups in total. The Labute approximate surface area is 172 Å². The van der Waals surface area contributed by atoms with Crippen LogP contribution in [0.5, 0.6) is 0 Å². The first-order valence-electron chi connectivity index (χ1n) is 9.16. The van der Waals surface area contributed by atoms with Crippen molar-refractivity contribution in [3.05, 3.63) is 40.6 Å². The van der Waals surface area contributed by atoms with Crippen LogP contribution in [0.4, 0.5) is 21.0 Å². The number of aliphatic hydroxyl groups is 1. The van der Waals surface area contributed by atoms with E-state index >= 15 is 0 Å². The van der Waals surface area contributed by atoms with Crippen LogP contribution < -0.4 is 4.90 Å². The van der Waals surface area contributed by atoms with E-state index in [0.717, 1.165) is 4.90 Å². The number of amides is 2. The molecule has 162 valence electrons. The summed E-state index contributed by atoms with van der Waals surface area (Å²) in [5, 5.41) is 30.4. The van der Waals surface area contributed by atoms with Gasteiger partial charge in [-0.1, -0.05) is 0 Å². The molecule has 1 aromatic carbocycles. The fraction of sp³-hybridized carbons (Fsp3) is 0.421. The average Bonchev–Trinajstić information content (AvgIpc) is 2.65. The minimum absolute atomic E-state index is 0.0400. The number of hydrogen-bond acceptors (Lipinski definition) is 7. The van der Waals surface area contributed by atoms with E-state index < -0.39 is 22.7 Å². The van der Waals surface area contributed by atoms with Gasteiger partial charge in [0.2, 0.25) is 0 Å². The summed E-state index contributed by atoms with van der Waals surface area (Å²) in [6, 6.07) is 5.54. The molecule has 0 bridgehead atoms. The number of ether oxygens (including phenoxy) is 1. The Morgan fingerprint density at radius 3 is 2.47 bits per heavy atom. The van der Waals surface area contributed by atoms with Crippen molar-refractivity contribution in [3.8, 4) is 0 Å². The van der Waals surface area contributed by atoms with Crippen LogP contribution in [0.25, 0.3) is 10.9 Å². The molecule has 1 aromatic heterocycles. The van der Waals surface area contributed by atoms with Gasteiger partial charge in [0.15, 0.2) is 0 Å². The van der Waals surface area contributed by atoms with Crippen LogP contribution in [0.2, 0.25) is 0 Å². The zero-order valence-corrected chi connectivity index (χ0v) is 16.9. The molecule has 0 fully saturated rings. The molecule has 0 spiro atoms. The SMILES string of the molecule is CC(C)(C)OC(=O)N(CCO)CCN(C(=O)O)c1ccc([N+](=O)[O-])c2cccnc12. The average molecular weight is 420 g/mol. The van der Waals surface area contributed by atoms with Crippen molar-refractivity contribution in [2.45, 2.75) is 26.4 Å². The number of rotatable bonds is 7. The number of aliphatic hydroxyl groups excluding tert-OH is 1. The molecule has 0 unspecified atom stereocenters. The van der Waals surface area contributed by atoms with Crippen LogP contribution in [0, 0.1) is 10.1 Å². The predicted molar refractivity (Wildman–Crippen MR) is 109 cm³/mol. The third kappa shape index (κ3) is 5.54. The Morgan fingerprint density at radius 2 is 1.90 bits per heavy atom. The van der Waals surface area contributed by atoms with E-state index in [1.54, 1.807) is 20.8 Å². The third-order valence-electron chi connectivity index (χ3n) is 4.06. The maximum atomic E-state index is 12.3. The Bertz CT molecular complexity index is 942. The fourth-order valence-electron chi connectivity index (χ4n) is 2.80. The van der Waals surface area contributed by atoms with Crippen LogP contribution in [-0.4, -0.2) is 69.0 Å². The van der Waals surface area contributed by atoms with Gasteiger partial charge in [-0.3, -0.25) is 20.0 Å². The van der Waals surface area contributed by atoms with Crippen LogP contribution >= 0.6 is 0 Å². The van der Waals surface area contributed by atoms with E-state index in [2.05, 4.69) is 4.98 Å². The van der Waals surface area contributed by atoms with E-state index in [0.29, 0.717) is 0 Å². The molecule has 1 heterocycles. The molecule has 2 rings (SSSR count). The number of carboxylic acid groups (broad SMARTS) is 1. The van der Waals surface area contributed by atoms with Gasteiger partial charge in [-0.05, 0) is 39.0 Å². The molecular weight excluding hydrogens is 396 g/mol. The fourth-order valence-corrected chi connectivity index (χ4v) is 2.80. The molecular formula is C19H24N4O7. The summed E-state index contributed by atoms with van der Waals surface area (Å²) < 4.78 is 5.29.